The molecule has 1 fully saturated rings. The smallest absolute Gasteiger partial charge is 0.247 e. The Morgan fingerprint density at radius 1 is 1.14 bits per heavy atom. The molecule has 0 bridgehead atoms. The fourth-order valence-corrected chi connectivity index (χ4v) is 3.28. The lowest BCUT2D eigenvalue weighted by molar-refractivity contribution is 0.124. The van der Waals surface area contributed by atoms with Crippen LogP contribution in [-0.4, -0.2) is 35.3 Å². The number of methoxy groups -OCH3 is 1. The maximum Gasteiger partial charge on any atom is 0.247 e. The van der Waals surface area contributed by atoms with Crippen LogP contribution >= 0.6 is 0 Å². The zero-order valence-electron chi connectivity index (χ0n) is 13.5. The van der Waals surface area contributed by atoms with E-state index in [0.29, 0.717) is 11.8 Å². The zero-order valence-corrected chi connectivity index (χ0v) is 13.5. The minimum Gasteiger partial charge on any atom is -0.497 e. The lowest BCUT2D eigenvalue weighted by atomic mass is 9.92. The minimum absolute atomic E-state index is 0.566. The number of likely N-dealkylation sites (tertiary alicyclic amines) is 1. The molecule has 0 amide bonds. The molecule has 2 heterocycles. The summed E-state index contributed by atoms with van der Waals surface area (Å²) in [7, 11) is 1.65. The maximum absolute atomic E-state index is 5.81. The summed E-state index contributed by atoms with van der Waals surface area (Å²) in [4.78, 5) is 2.41. The highest BCUT2D eigenvalue weighted by atomic mass is 16.5. The average molecular weight is 301 g/mol. The molecular formula is C17H23N3O2. The normalized spacial score (nSPS) is 22.7. The number of rotatable bonds is 4. The van der Waals surface area contributed by atoms with Crippen molar-refractivity contribution in [2.45, 2.75) is 26.8 Å². The van der Waals surface area contributed by atoms with Crippen LogP contribution in [0.3, 0.4) is 0 Å². The van der Waals surface area contributed by atoms with Crippen LogP contribution in [0.5, 0.6) is 5.75 Å². The van der Waals surface area contributed by atoms with Gasteiger partial charge in [-0.1, -0.05) is 13.8 Å². The summed E-state index contributed by atoms with van der Waals surface area (Å²) in [6.07, 6.45) is 1.30. The van der Waals surface area contributed by atoms with Gasteiger partial charge in [0.05, 0.1) is 13.7 Å². The summed E-state index contributed by atoms with van der Waals surface area (Å²) in [5.41, 5.74) is 0.917. The Balaban J connectivity index is 1.68. The number of piperidine rings is 1. The van der Waals surface area contributed by atoms with Gasteiger partial charge in [-0.15, -0.1) is 10.2 Å². The molecule has 0 saturated carbocycles. The predicted molar refractivity (Wildman–Crippen MR) is 84.5 cm³/mol. The first-order valence-corrected chi connectivity index (χ1v) is 7.83. The van der Waals surface area contributed by atoms with Gasteiger partial charge in [-0.05, 0) is 42.5 Å². The molecule has 5 heteroatoms. The fraction of sp³-hybridized carbons (Fsp3) is 0.529. The summed E-state index contributed by atoms with van der Waals surface area (Å²) < 4.78 is 11.0. The Labute approximate surface area is 131 Å². The molecular weight excluding hydrogens is 278 g/mol. The second kappa shape index (κ2) is 6.48. The molecule has 0 radical (unpaired) electrons. The van der Waals surface area contributed by atoms with E-state index >= 15 is 0 Å². The first-order valence-electron chi connectivity index (χ1n) is 7.83. The largest absolute Gasteiger partial charge is 0.497 e. The third-order valence-corrected chi connectivity index (χ3v) is 4.11. The van der Waals surface area contributed by atoms with Crippen molar-refractivity contribution in [3.05, 3.63) is 30.2 Å². The molecule has 1 aromatic heterocycles. The Hall–Kier alpha value is -1.88. The minimum atomic E-state index is 0.566. The van der Waals surface area contributed by atoms with Crippen LogP contribution in [0.4, 0.5) is 0 Å². The molecule has 1 aliphatic heterocycles. The monoisotopic (exact) mass is 301 g/mol. The zero-order chi connectivity index (χ0) is 15.5. The quantitative estimate of drug-likeness (QED) is 0.868. The van der Waals surface area contributed by atoms with Crippen LogP contribution in [0.25, 0.3) is 11.5 Å². The average Bonchev–Trinajstić information content (AvgIpc) is 2.95. The molecule has 0 aliphatic carbocycles. The number of aromatic nitrogens is 2. The van der Waals surface area contributed by atoms with Gasteiger partial charge in [-0.3, -0.25) is 4.90 Å². The summed E-state index contributed by atoms with van der Waals surface area (Å²) in [6, 6.07) is 7.66. The molecule has 5 nitrogen and oxygen atoms in total. The lowest BCUT2D eigenvalue weighted by Gasteiger charge is -2.33. The van der Waals surface area contributed by atoms with E-state index in [-0.39, 0.29) is 0 Å². The highest BCUT2D eigenvalue weighted by Crippen LogP contribution is 2.24. The van der Waals surface area contributed by atoms with E-state index < -0.39 is 0 Å². The molecule has 0 spiro atoms. The van der Waals surface area contributed by atoms with Crippen molar-refractivity contribution >= 4 is 0 Å². The molecule has 3 rings (SSSR count). The molecule has 2 atom stereocenters. The highest BCUT2D eigenvalue weighted by molar-refractivity contribution is 5.53. The van der Waals surface area contributed by atoms with Gasteiger partial charge in [0, 0.05) is 18.7 Å². The van der Waals surface area contributed by atoms with Crippen molar-refractivity contribution in [1.82, 2.24) is 15.1 Å². The number of hydrogen-bond donors (Lipinski definition) is 0. The van der Waals surface area contributed by atoms with Crippen molar-refractivity contribution < 1.29 is 9.15 Å². The van der Waals surface area contributed by atoms with Gasteiger partial charge < -0.3 is 9.15 Å². The maximum atomic E-state index is 5.81. The Morgan fingerprint density at radius 2 is 1.82 bits per heavy atom. The molecule has 22 heavy (non-hydrogen) atoms. The molecule has 0 N–H and O–H groups in total. The Kier molecular flexibility index (Phi) is 4.43. The van der Waals surface area contributed by atoms with Gasteiger partial charge >= 0.3 is 0 Å². The summed E-state index contributed by atoms with van der Waals surface area (Å²) >= 11 is 0. The van der Waals surface area contributed by atoms with Crippen LogP contribution < -0.4 is 4.74 Å². The lowest BCUT2D eigenvalue weighted by Crippen LogP contribution is -2.38. The van der Waals surface area contributed by atoms with Crippen LogP contribution in [0.1, 0.15) is 26.2 Å². The van der Waals surface area contributed by atoms with Crippen molar-refractivity contribution in [3.63, 3.8) is 0 Å². The second-order valence-corrected chi connectivity index (χ2v) is 6.37. The first kappa shape index (κ1) is 15.0. The summed E-state index contributed by atoms with van der Waals surface area (Å²) in [6.45, 7) is 7.55. The number of hydrogen-bond acceptors (Lipinski definition) is 5. The van der Waals surface area contributed by atoms with E-state index in [1.54, 1.807) is 7.11 Å². The molecule has 118 valence electrons. The molecule has 2 aromatic rings. The van der Waals surface area contributed by atoms with E-state index in [2.05, 4.69) is 28.9 Å². The van der Waals surface area contributed by atoms with Crippen molar-refractivity contribution in [2.75, 3.05) is 20.2 Å². The van der Waals surface area contributed by atoms with Gasteiger partial charge in [0.2, 0.25) is 11.8 Å². The van der Waals surface area contributed by atoms with Crippen LogP contribution in [0.2, 0.25) is 0 Å². The van der Waals surface area contributed by atoms with E-state index in [0.717, 1.165) is 42.8 Å². The SMILES string of the molecule is COc1ccc(-c2nnc(CN3CC(C)CC(C)C3)o2)cc1. The van der Waals surface area contributed by atoms with E-state index in [4.69, 9.17) is 9.15 Å². The van der Waals surface area contributed by atoms with Crippen LogP contribution in [-0.2, 0) is 6.54 Å². The van der Waals surface area contributed by atoms with Gasteiger partial charge in [0.1, 0.15) is 5.75 Å². The molecule has 1 aromatic carbocycles. The van der Waals surface area contributed by atoms with Crippen molar-refractivity contribution in [3.8, 4) is 17.2 Å². The van der Waals surface area contributed by atoms with Crippen molar-refractivity contribution in [2.24, 2.45) is 11.8 Å². The molecule has 1 aliphatic rings. The number of ether oxygens (including phenoxy) is 1. The highest BCUT2D eigenvalue weighted by Gasteiger charge is 2.23. The van der Waals surface area contributed by atoms with Crippen molar-refractivity contribution in [1.29, 1.82) is 0 Å². The first-order chi connectivity index (χ1) is 10.6. The number of benzene rings is 1. The van der Waals surface area contributed by atoms with E-state index in [1.807, 2.05) is 24.3 Å². The summed E-state index contributed by atoms with van der Waals surface area (Å²) in [5.74, 6) is 3.53. The Bertz CT molecular complexity index is 599. The topological polar surface area (TPSA) is 51.4 Å². The van der Waals surface area contributed by atoms with Crippen LogP contribution in [0, 0.1) is 11.8 Å². The second-order valence-electron chi connectivity index (χ2n) is 6.37. The fourth-order valence-electron chi connectivity index (χ4n) is 3.28. The van der Waals surface area contributed by atoms with E-state index in [1.165, 1.54) is 6.42 Å². The Morgan fingerprint density at radius 3 is 2.45 bits per heavy atom. The van der Waals surface area contributed by atoms with E-state index in [9.17, 15) is 0 Å². The van der Waals surface area contributed by atoms with Gasteiger partial charge in [0.25, 0.3) is 0 Å². The summed E-state index contributed by atoms with van der Waals surface area (Å²) in [5, 5.41) is 8.35. The standard InChI is InChI=1S/C17H23N3O2/c1-12-8-13(2)10-20(9-12)11-16-18-19-17(22-16)14-4-6-15(21-3)7-5-14/h4-7,12-13H,8-11H2,1-3H3. The third kappa shape index (κ3) is 3.47. The number of nitrogens with zero attached hydrogens (tertiary/aromatic N) is 3. The third-order valence-electron chi connectivity index (χ3n) is 4.11. The van der Waals surface area contributed by atoms with Gasteiger partial charge in [-0.25, -0.2) is 0 Å². The van der Waals surface area contributed by atoms with Gasteiger partial charge in [0.15, 0.2) is 0 Å². The predicted octanol–water partition coefficient (Wildman–Crippen LogP) is 3.22. The van der Waals surface area contributed by atoms with Gasteiger partial charge in [-0.2, -0.15) is 0 Å². The van der Waals surface area contributed by atoms with Crippen LogP contribution in [0.15, 0.2) is 28.7 Å². The molecule has 2 unspecified atom stereocenters. The molecule has 1 saturated heterocycles.